The zero-order valence-corrected chi connectivity index (χ0v) is 7.21. The van der Waals surface area contributed by atoms with Gasteiger partial charge in [0.1, 0.15) is 0 Å². The van der Waals surface area contributed by atoms with Crippen molar-refractivity contribution in [3.63, 3.8) is 0 Å². The standard InChI is InChI=1S/INO3.Na.H/c1-3-2-4-5-2;;/q;+1;-1. The van der Waals surface area contributed by atoms with E-state index in [9.17, 15) is 0 Å². The maximum absolute atomic E-state index is 4.22. The molecule has 1 aromatic heterocycles. The number of aromatic nitrogens is 1. The Labute approximate surface area is 71.0 Å². The summed E-state index contributed by atoms with van der Waals surface area (Å²) in [6.07, 6.45) is 0. The third-order valence-corrected chi connectivity index (χ3v) is 0.513. The fourth-order valence-corrected chi connectivity index (χ4v) is 0.168. The summed E-state index contributed by atoms with van der Waals surface area (Å²) in [5.41, 5.74) is 0. The molecule has 0 saturated carbocycles. The fourth-order valence-electron chi connectivity index (χ4n) is 0.0366. The average molecular weight is 213 g/mol. The second-order valence-corrected chi connectivity index (χ2v) is 0.836. The van der Waals surface area contributed by atoms with E-state index in [1.165, 1.54) is 0 Å². The number of halogens is 1. The first kappa shape index (κ1) is 6.93. The molecule has 0 unspecified atom stereocenters. The summed E-state index contributed by atoms with van der Waals surface area (Å²) in [6, 6.07) is 0. The quantitative estimate of drug-likeness (QED) is 0.296. The van der Waals surface area contributed by atoms with E-state index in [0.29, 0.717) is 0 Å². The maximum atomic E-state index is 4.22. The number of rotatable bonds is 1. The van der Waals surface area contributed by atoms with Crippen molar-refractivity contribution in [1.82, 2.24) is 5.08 Å². The van der Waals surface area contributed by atoms with Crippen molar-refractivity contribution in [2.24, 2.45) is 0 Å². The topological polar surface area (TPSA) is 40.4 Å². The van der Waals surface area contributed by atoms with Crippen molar-refractivity contribution < 1.29 is 43.5 Å². The Balaban J connectivity index is 0. The molecular weight excluding hydrogens is 212 g/mol. The van der Waals surface area contributed by atoms with Gasteiger partial charge in [-0.1, -0.05) is 9.36 Å². The van der Waals surface area contributed by atoms with E-state index < -0.39 is 0 Å². The Hall–Kier alpha value is 0.930. The number of hydrogen-bond donors (Lipinski definition) is 0. The summed E-state index contributed by atoms with van der Waals surface area (Å²) < 4.78 is 12.1. The fraction of sp³-hybridized carbons (Fsp3) is 0. The van der Waals surface area contributed by atoms with E-state index >= 15 is 0 Å². The van der Waals surface area contributed by atoms with Crippen LogP contribution in [0.5, 0.6) is 0 Å². The summed E-state index contributed by atoms with van der Waals surface area (Å²) in [6.45, 7) is 0. The van der Waals surface area contributed by atoms with Crippen LogP contribution in [0.25, 0.3) is 0 Å². The van der Waals surface area contributed by atoms with Gasteiger partial charge < -0.3 is 1.43 Å². The van der Waals surface area contributed by atoms with Crippen LogP contribution >= 0.6 is 23.0 Å². The van der Waals surface area contributed by atoms with Crippen LogP contribution < -0.4 is 32.7 Å². The van der Waals surface area contributed by atoms with Crippen molar-refractivity contribution >= 4 is 23.0 Å². The monoisotopic (exact) mass is 213 g/mol. The van der Waals surface area contributed by atoms with Crippen LogP contribution in [0.15, 0.2) is 9.36 Å². The van der Waals surface area contributed by atoms with Gasteiger partial charge in [-0.3, -0.25) is 3.17 Å². The molecule has 6 heteroatoms. The molecule has 0 amide bonds. The van der Waals surface area contributed by atoms with E-state index in [4.69, 9.17) is 0 Å². The molecule has 0 fully saturated rings. The summed E-state index contributed by atoms with van der Waals surface area (Å²) in [5, 5.41) is 0.862. The van der Waals surface area contributed by atoms with Crippen LogP contribution in [-0.2, 0) is 0 Å². The van der Waals surface area contributed by atoms with Crippen molar-refractivity contribution in [3.8, 4) is 0 Å². The molecule has 6 heavy (non-hydrogen) atoms. The van der Waals surface area contributed by atoms with Gasteiger partial charge in [0.15, 0.2) is 0 Å². The molecule has 0 aliphatic rings. The zero-order valence-electron chi connectivity index (χ0n) is 4.05. The Bertz CT molecular complexity index is 83.4. The van der Waals surface area contributed by atoms with Crippen LogP contribution in [-0.4, -0.2) is 5.08 Å². The summed E-state index contributed by atoms with van der Waals surface area (Å²) >= 11 is 1.62. The number of nitrogens with zero attached hydrogens (tertiary/aromatic N) is 1. The number of hydrogen-bond acceptors (Lipinski definition) is 3. The molecule has 0 atom stereocenters. The van der Waals surface area contributed by atoms with Crippen molar-refractivity contribution in [1.29, 1.82) is 0 Å². The molecule has 0 aliphatic heterocycles. The largest absolute Gasteiger partial charge is 1.00 e. The molecule has 4 nitrogen and oxygen atoms in total. The van der Waals surface area contributed by atoms with E-state index in [0.717, 1.165) is 5.08 Å². The van der Waals surface area contributed by atoms with E-state index in [1.54, 1.807) is 23.0 Å². The van der Waals surface area contributed by atoms with Crippen LogP contribution in [0.1, 0.15) is 1.43 Å². The van der Waals surface area contributed by atoms with Gasteiger partial charge in [-0.2, -0.15) is 0 Å². The van der Waals surface area contributed by atoms with Gasteiger partial charge in [0.2, 0.25) is 28.1 Å². The van der Waals surface area contributed by atoms with Crippen LogP contribution in [0.3, 0.4) is 0 Å². The Morgan fingerprint density at radius 3 is 2.17 bits per heavy atom. The molecule has 0 bridgehead atoms. The summed E-state index contributed by atoms with van der Waals surface area (Å²) in [7, 11) is 0. The van der Waals surface area contributed by atoms with Crippen LogP contribution in [0.2, 0.25) is 0 Å². The van der Waals surface area contributed by atoms with Crippen LogP contribution in [0, 0.1) is 0 Å². The second kappa shape index (κ2) is 3.00. The van der Waals surface area contributed by atoms with E-state index in [-0.39, 0.29) is 31.0 Å². The minimum Gasteiger partial charge on any atom is -1.00 e. The molecule has 0 aromatic carbocycles. The summed E-state index contributed by atoms with van der Waals surface area (Å²) in [4.78, 5) is 0. The van der Waals surface area contributed by atoms with Crippen molar-refractivity contribution in [3.05, 3.63) is 0 Å². The Morgan fingerprint density at radius 1 is 1.67 bits per heavy atom. The van der Waals surface area contributed by atoms with Gasteiger partial charge in [0.05, 0.1) is 0 Å². The molecular formula is HINNaO3. The molecule has 0 radical (unpaired) electrons. The molecule has 0 saturated heterocycles. The molecule has 32 valence electrons. The summed E-state index contributed by atoms with van der Waals surface area (Å²) in [5.74, 6) is 0. The van der Waals surface area contributed by atoms with Crippen LogP contribution in [0.4, 0.5) is 0 Å². The molecule has 0 aliphatic carbocycles. The van der Waals surface area contributed by atoms with Gasteiger partial charge in [0, 0.05) is 0 Å². The van der Waals surface area contributed by atoms with Gasteiger partial charge in [-0.25, -0.2) is 0 Å². The third kappa shape index (κ3) is 2.17. The minimum absolute atomic E-state index is 0. The van der Waals surface area contributed by atoms with Gasteiger partial charge >= 0.3 is 29.6 Å². The first-order valence-electron chi connectivity index (χ1n) is 0.869. The van der Waals surface area contributed by atoms with Gasteiger partial charge in [-0.15, -0.1) is 0 Å². The van der Waals surface area contributed by atoms with Crippen molar-refractivity contribution in [2.45, 2.75) is 0 Å². The predicted molar refractivity (Wildman–Crippen MR) is 20.7 cm³/mol. The molecule has 1 aromatic rings. The van der Waals surface area contributed by atoms with E-state index in [1.807, 2.05) is 0 Å². The normalized spacial score (nSPS) is 7.50. The third-order valence-electron chi connectivity index (χ3n) is 0.192. The van der Waals surface area contributed by atoms with Crippen molar-refractivity contribution in [2.75, 3.05) is 0 Å². The smallest absolute Gasteiger partial charge is 1.00 e. The molecule has 1 heterocycles. The Morgan fingerprint density at radius 2 is 2.17 bits per heavy atom. The molecule has 1 rings (SSSR count). The second-order valence-electron chi connectivity index (χ2n) is 0.442. The average Bonchev–Trinajstić information content (AvgIpc) is 2.12. The van der Waals surface area contributed by atoms with Gasteiger partial charge in [-0.05, 0) is 0 Å². The Kier molecular flexibility index (Phi) is 3.47. The first-order valence-corrected chi connectivity index (χ1v) is 1.75. The predicted octanol–water partition coefficient (Wildman–Crippen LogP) is -2.43. The maximum Gasteiger partial charge on any atom is 1.00 e. The minimum atomic E-state index is 0. The molecule has 0 spiro atoms. The first-order chi connectivity index (χ1) is 2.43. The zero-order chi connectivity index (χ0) is 3.70. The SMILES string of the molecule is IOn1oo1.[H-].[Na+]. The van der Waals surface area contributed by atoms with E-state index in [2.05, 4.69) is 12.5 Å². The van der Waals surface area contributed by atoms with Gasteiger partial charge in [0.25, 0.3) is 0 Å². The molecule has 0 N–H and O–H groups in total.